The fourth-order valence-electron chi connectivity index (χ4n) is 2.79. The molecule has 2 rings (SSSR count). The number of primary amides is 1. The molecule has 0 saturated carbocycles. The van der Waals surface area contributed by atoms with E-state index in [9.17, 15) is 9.59 Å². The van der Waals surface area contributed by atoms with Gasteiger partial charge in [-0.3, -0.25) is 19.2 Å². The molecular weight excluding hydrogens is 282 g/mol. The first kappa shape index (κ1) is 16.5. The SMILES string of the molecule is Cc1ccnn1CCC(=O)N1CCN(C(C)C)CC1C(N)=O. The Morgan fingerprint density at radius 2 is 2.14 bits per heavy atom. The van der Waals surface area contributed by atoms with Crippen molar-refractivity contribution in [3.8, 4) is 0 Å². The highest BCUT2D eigenvalue weighted by Gasteiger charge is 2.34. The van der Waals surface area contributed by atoms with Gasteiger partial charge in [0, 0.05) is 50.5 Å². The highest BCUT2D eigenvalue weighted by atomic mass is 16.2. The molecular formula is C15H25N5O2. The maximum absolute atomic E-state index is 12.5. The summed E-state index contributed by atoms with van der Waals surface area (Å²) in [5.41, 5.74) is 6.51. The van der Waals surface area contributed by atoms with Crippen molar-refractivity contribution in [1.82, 2.24) is 19.6 Å². The number of amides is 2. The molecule has 122 valence electrons. The molecule has 1 atom stereocenters. The largest absolute Gasteiger partial charge is 0.368 e. The van der Waals surface area contributed by atoms with E-state index in [2.05, 4.69) is 23.8 Å². The van der Waals surface area contributed by atoms with Crippen LogP contribution >= 0.6 is 0 Å². The second-order valence-corrected chi connectivity index (χ2v) is 6.04. The van der Waals surface area contributed by atoms with Crippen molar-refractivity contribution < 1.29 is 9.59 Å². The lowest BCUT2D eigenvalue weighted by molar-refractivity contribution is -0.143. The third kappa shape index (κ3) is 3.65. The third-order valence-corrected chi connectivity index (χ3v) is 4.26. The predicted octanol–water partition coefficient (Wildman–Crippen LogP) is -0.0119. The van der Waals surface area contributed by atoms with Crippen LogP contribution in [0.1, 0.15) is 26.0 Å². The van der Waals surface area contributed by atoms with Crippen LogP contribution < -0.4 is 5.73 Å². The van der Waals surface area contributed by atoms with E-state index in [-0.39, 0.29) is 5.91 Å². The normalized spacial score (nSPS) is 19.6. The summed E-state index contributed by atoms with van der Waals surface area (Å²) in [6, 6.07) is 1.70. The van der Waals surface area contributed by atoms with Gasteiger partial charge >= 0.3 is 0 Å². The minimum absolute atomic E-state index is 0.0397. The van der Waals surface area contributed by atoms with E-state index >= 15 is 0 Å². The van der Waals surface area contributed by atoms with Gasteiger partial charge < -0.3 is 10.6 Å². The molecule has 7 heteroatoms. The van der Waals surface area contributed by atoms with Gasteiger partial charge in [-0.25, -0.2) is 0 Å². The lowest BCUT2D eigenvalue weighted by Crippen LogP contribution is -2.61. The molecule has 0 aliphatic carbocycles. The summed E-state index contributed by atoms with van der Waals surface area (Å²) in [6.45, 7) is 8.46. The quantitative estimate of drug-likeness (QED) is 0.829. The van der Waals surface area contributed by atoms with E-state index < -0.39 is 11.9 Å². The number of aromatic nitrogens is 2. The number of piperazine rings is 1. The smallest absolute Gasteiger partial charge is 0.241 e. The van der Waals surface area contributed by atoms with Crippen LogP contribution in [-0.2, 0) is 16.1 Å². The lowest BCUT2D eigenvalue weighted by atomic mass is 10.1. The average Bonchev–Trinajstić information content (AvgIpc) is 2.89. The topological polar surface area (TPSA) is 84.5 Å². The van der Waals surface area contributed by atoms with E-state index in [1.54, 1.807) is 15.8 Å². The van der Waals surface area contributed by atoms with Gasteiger partial charge in [0.1, 0.15) is 6.04 Å². The Kier molecular flexibility index (Phi) is 5.18. The molecule has 0 aromatic carbocycles. The Bertz CT molecular complexity index is 540. The van der Waals surface area contributed by atoms with Crippen molar-refractivity contribution in [3.05, 3.63) is 18.0 Å². The summed E-state index contributed by atoms with van der Waals surface area (Å²) in [5.74, 6) is -0.476. The summed E-state index contributed by atoms with van der Waals surface area (Å²) in [5, 5.41) is 4.17. The molecule has 2 amide bonds. The van der Waals surface area contributed by atoms with Crippen LogP contribution in [0.2, 0.25) is 0 Å². The van der Waals surface area contributed by atoms with Gasteiger partial charge in [0.2, 0.25) is 11.8 Å². The summed E-state index contributed by atoms with van der Waals surface area (Å²) in [4.78, 5) is 28.0. The highest BCUT2D eigenvalue weighted by molar-refractivity contribution is 5.87. The zero-order valence-electron chi connectivity index (χ0n) is 13.5. The molecule has 2 heterocycles. The van der Waals surface area contributed by atoms with Crippen LogP contribution in [0.3, 0.4) is 0 Å². The van der Waals surface area contributed by atoms with Crippen molar-refractivity contribution in [3.63, 3.8) is 0 Å². The zero-order valence-corrected chi connectivity index (χ0v) is 13.5. The number of nitrogens with zero attached hydrogens (tertiary/aromatic N) is 4. The molecule has 22 heavy (non-hydrogen) atoms. The minimum atomic E-state index is -0.539. The van der Waals surface area contributed by atoms with E-state index in [0.29, 0.717) is 32.1 Å². The number of rotatable bonds is 5. The monoisotopic (exact) mass is 307 g/mol. The molecule has 1 aromatic rings. The van der Waals surface area contributed by atoms with Crippen LogP contribution in [0, 0.1) is 6.92 Å². The predicted molar refractivity (Wildman–Crippen MR) is 83.0 cm³/mol. The molecule has 0 radical (unpaired) electrons. The molecule has 1 fully saturated rings. The highest BCUT2D eigenvalue weighted by Crippen LogP contribution is 2.14. The van der Waals surface area contributed by atoms with Crippen molar-refractivity contribution >= 4 is 11.8 Å². The first-order chi connectivity index (χ1) is 10.4. The molecule has 2 N–H and O–H groups in total. The van der Waals surface area contributed by atoms with Gasteiger partial charge in [0.05, 0.1) is 0 Å². The lowest BCUT2D eigenvalue weighted by Gasteiger charge is -2.41. The summed E-state index contributed by atoms with van der Waals surface area (Å²) >= 11 is 0. The maximum atomic E-state index is 12.5. The van der Waals surface area contributed by atoms with Crippen LogP contribution in [0.5, 0.6) is 0 Å². The molecule has 7 nitrogen and oxygen atoms in total. The zero-order chi connectivity index (χ0) is 16.3. The first-order valence-corrected chi connectivity index (χ1v) is 7.71. The second kappa shape index (κ2) is 6.91. The van der Waals surface area contributed by atoms with Crippen molar-refractivity contribution in [2.24, 2.45) is 5.73 Å². The van der Waals surface area contributed by atoms with Gasteiger partial charge in [-0.15, -0.1) is 0 Å². The molecule has 1 aromatic heterocycles. The summed E-state index contributed by atoms with van der Waals surface area (Å²) < 4.78 is 1.79. The van der Waals surface area contributed by atoms with E-state index in [0.717, 1.165) is 12.2 Å². The maximum Gasteiger partial charge on any atom is 0.241 e. The Morgan fingerprint density at radius 3 is 2.68 bits per heavy atom. The average molecular weight is 307 g/mol. The molecule has 0 spiro atoms. The van der Waals surface area contributed by atoms with E-state index in [1.807, 2.05) is 13.0 Å². The number of hydrogen-bond donors (Lipinski definition) is 1. The Labute approximate surface area is 131 Å². The van der Waals surface area contributed by atoms with Crippen molar-refractivity contribution in [2.45, 2.75) is 45.8 Å². The van der Waals surface area contributed by atoms with Gasteiger partial charge in [0.15, 0.2) is 0 Å². The third-order valence-electron chi connectivity index (χ3n) is 4.26. The fourth-order valence-corrected chi connectivity index (χ4v) is 2.79. The van der Waals surface area contributed by atoms with Crippen molar-refractivity contribution in [1.29, 1.82) is 0 Å². The van der Waals surface area contributed by atoms with E-state index in [4.69, 9.17) is 5.73 Å². The molecule has 1 saturated heterocycles. The van der Waals surface area contributed by atoms with Gasteiger partial charge in [-0.2, -0.15) is 5.10 Å². The van der Waals surface area contributed by atoms with Gasteiger partial charge in [-0.05, 0) is 26.8 Å². The fraction of sp³-hybridized carbons (Fsp3) is 0.667. The van der Waals surface area contributed by atoms with Crippen LogP contribution in [-0.4, -0.2) is 63.1 Å². The Balaban J connectivity index is 1.98. The van der Waals surface area contributed by atoms with Gasteiger partial charge in [0.25, 0.3) is 0 Å². The number of hydrogen-bond acceptors (Lipinski definition) is 4. The van der Waals surface area contributed by atoms with Crippen LogP contribution in [0.4, 0.5) is 0 Å². The minimum Gasteiger partial charge on any atom is -0.368 e. The van der Waals surface area contributed by atoms with Crippen LogP contribution in [0.15, 0.2) is 12.3 Å². The summed E-state index contributed by atoms with van der Waals surface area (Å²) in [6.07, 6.45) is 2.04. The van der Waals surface area contributed by atoms with Crippen LogP contribution in [0.25, 0.3) is 0 Å². The first-order valence-electron chi connectivity index (χ1n) is 7.71. The van der Waals surface area contributed by atoms with Gasteiger partial charge in [-0.1, -0.05) is 0 Å². The number of carbonyl (C=O) groups excluding carboxylic acids is 2. The molecule has 1 aliphatic rings. The number of nitrogens with two attached hydrogens (primary N) is 1. The summed E-state index contributed by atoms with van der Waals surface area (Å²) in [7, 11) is 0. The molecule has 1 aliphatic heterocycles. The number of aryl methyl sites for hydroxylation is 2. The Morgan fingerprint density at radius 1 is 1.41 bits per heavy atom. The second-order valence-electron chi connectivity index (χ2n) is 6.04. The number of carbonyl (C=O) groups is 2. The standard InChI is InChI=1S/C15H25N5O2/c1-11(2)18-8-9-19(13(10-18)15(16)22)14(21)5-7-20-12(3)4-6-17-20/h4,6,11,13H,5,7-10H2,1-3H3,(H2,16,22). The van der Waals surface area contributed by atoms with Crippen molar-refractivity contribution in [2.75, 3.05) is 19.6 Å². The molecule has 1 unspecified atom stereocenters. The molecule has 0 bridgehead atoms. The van der Waals surface area contributed by atoms with E-state index in [1.165, 1.54) is 0 Å². The Hall–Kier alpha value is -1.89.